The Morgan fingerprint density at radius 1 is 1.22 bits per heavy atom. The summed E-state index contributed by atoms with van der Waals surface area (Å²) in [5.41, 5.74) is 1.74. The number of rotatable bonds is 5. The first-order chi connectivity index (χ1) is 11.0. The first kappa shape index (κ1) is 16.3. The zero-order valence-corrected chi connectivity index (χ0v) is 14.4. The first-order valence-corrected chi connectivity index (χ1v) is 9.33. The Hall–Kier alpha value is -1.56. The predicted octanol–water partition coefficient (Wildman–Crippen LogP) is 3.49. The van der Waals surface area contributed by atoms with Gasteiger partial charge in [0.1, 0.15) is 5.75 Å². The fourth-order valence-corrected chi connectivity index (χ4v) is 4.33. The van der Waals surface area contributed by atoms with Gasteiger partial charge in [0.2, 0.25) is 10.0 Å². The van der Waals surface area contributed by atoms with E-state index < -0.39 is 10.0 Å². The van der Waals surface area contributed by atoms with Crippen molar-refractivity contribution in [3.05, 3.63) is 58.6 Å². The Kier molecular flexibility index (Phi) is 4.62. The molecule has 0 radical (unpaired) electrons. The SMILES string of the molecule is CCN(Cc1ccccc1Cl)S(=O)(=O)c1ccc2c(c1)CCO2. The molecule has 2 aromatic carbocycles. The normalized spacial score (nSPS) is 13.9. The molecule has 4 nitrogen and oxygen atoms in total. The lowest BCUT2D eigenvalue weighted by molar-refractivity contribution is 0.356. The quantitative estimate of drug-likeness (QED) is 0.828. The van der Waals surface area contributed by atoms with Gasteiger partial charge in [-0.05, 0) is 35.4 Å². The van der Waals surface area contributed by atoms with Gasteiger partial charge in [0.05, 0.1) is 11.5 Å². The summed E-state index contributed by atoms with van der Waals surface area (Å²) in [5, 5.41) is 0.573. The van der Waals surface area contributed by atoms with Crippen molar-refractivity contribution in [3.63, 3.8) is 0 Å². The lowest BCUT2D eigenvalue weighted by Crippen LogP contribution is -2.30. The van der Waals surface area contributed by atoms with E-state index in [2.05, 4.69) is 0 Å². The highest BCUT2D eigenvalue weighted by Crippen LogP contribution is 2.29. The molecular formula is C17H18ClNO3S. The highest BCUT2D eigenvalue weighted by atomic mass is 35.5. The van der Waals surface area contributed by atoms with Gasteiger partial charge >= 0.3 is 0 Å². The molecule has 0 N–H and O–H groups in total. The molecule has 0 amide bonds. The molecule has 23 heavy (non-hydrogen) atoms. The maximum absolute atomic E-state index is 12.9. The van der Waals surface area contributed by atoms with Gasteiger partial charge in [0.15, 0.2) is 0 Å². The Morgan fingerprint density at radius 2 is 2.00 bits per heavy atom. The molecule has 0 unspecified atom stereocenters. The molecule has 0 aromatic heterocycles. The van der Waals surface area contributed by atoms with E-state index in [1.54, 1.807) is 24.3 Å². The molecule has 6 heteroatoms. The molecule has 0 atom stereocenters. The van der Waals surface area contributed by atoms with Crippen molar-refractivity contribution >= 4 is 21.6 Å². The number of benzene rings is 2. The van der Waals surface area contributed by atoms with Gasteiger partial charge in [0.25, 0.3) is 0 Å². The fraction of sp³-hybridized carbons (Fsp3) is 0.294. The van der Waals surface area contributed by atoms with Crippen molar-refractivity contribution in [2.24, 2.45) is 0 Å². The average Bonchev–Trinajstić information content (AvgIpc) is 3.01. The first-order valence-electron chi connectivity index (χ1n) is 7.51. The molecule has 0 fully saturated rings. The van der Waals surface area contributed by atoms with Gasteiger partial charge in [-0.3, -0.25) is 0 Å². The van der Waals surface area contributed by atoms with Crippen LogP contribution < -0.4 is 4.74 Å². The van der Waals surface area contributed by atoms with Gasteiger partial charge in [-0.15, -0.1) is 0 Å². The summed E-state index contributed by atoms with van der Waals surface area (Å²) in [6, 6.07) is 12.4. The average molecular weight is 352 g/mol. The summed E-state index contributed by atoms with van der Waals surface area (Å²) in [7, 11) is -3.57. The van der Waals surface area contributed by atoms with E-state index in [0.717, 1.165) is 23.3 Å². The Balaban J connectivity index is 1.92. The molecular weight excluding hydrogens is 334 g/mol. The third-order valence-corrected chi connectivity index (χ3v) is 6.24. The lowest BCUT2D eigenvalue weighted by atomic mass is 10.2. The second-order valence-corrected chi connectivity index (χ2v) is 7.74. The summed E-state index contributed by atoms with van der Waals surface area (Å²) in [6.45, 7) is 3.06. The van der Waals surface area contributed by atoms with Crippen molar-refractivity contribution in [2.75, 3.05) is 13.2 Å². The molecule has 1 aliphatic rings. The monoisotopic (exact) mass is 351 g/mol. The molecule has 0 aliphatic carbocycles. The van der Waals surface area contributed by atoms with Crippen LogP contribution >= 0.6 is 11.6 Å². The van der Waals surface area contributed by atoms with Crippen LogP contribution in [0.25, 0.3) is 0 Å². The van der Waals surface area contributed by atoms with Crippen LogP contribution in [0.3, 0.4) is 0 Å². The number of fused-ring (bicyclic) bond motifs is 1. The maximum Gasteiger partial charge on any atom is 0.243 e. The highest BCUT2D eigenvalue weighted by Gasteiger charge is 2.25. The molecule has 0 saturated carbocycles. The van der Waals surface area contributed by atoms with Crippen LogP contribution in [0.5, 0.6) is 5.75 Å². The Labute approximate surface area is 141 Å². The van der Waals surface area contributed by atoms with Gasteiger partial charge in [-0.1, -0.05) is 36.7 Å². The number of hydrogen-bond acceptors (Lipinski definition) is 3. The van der Waals surface area contributed by atoms with Gasteiger partial charge in [-0.2, -0.15) is 4.31 Å². The van der Waals surface area contributed by atoms with E-state index >= 15 is 0 Å². The largest absolute Gasteiger partial charge is 0.493 e. The predicted molar refractivity (Wildman–Crippen MR) is 90.4 cm³/mol. The molecule has 1 aliphatic heterocycles. The number of ether oxygens (including phenoxy) is 1. The molecule has 1 heterocycles. The van der Waals surface area contributed by atoms with E-state index in [1.807, 2.05) is 25.1 Å². The number of nitrogens with zero attached hydrogens (tertiary/aromatic N) is 1. The fourth-order valence-electron chi connectivity index (χ4n) is 2.66. The van der Waals surface area contributed by atoms with Crippen molar-refractivity contribution < 1.29 is 13.2 Å². The standard InChI is InChI=1S/C17H18ClNO3S/c1-2-19(12-14-5-3-4-6-16(14)18)23(20,21)15-7-8-17-13(11-15)9-10-22-17/h3-8,11H,2,9-10,12H2,1H3. The highest BCUT2D eigenvalue weighted by molar-refractivity contribution is 7.89. The van der Waals surface area contributed by atoms with Crippen molar-refractivity contribution in [3.8, 4) is 5.75 Å². The third kappa shape index (κ3) is 3.22. The minimum Gasteiger partial charge on any atom is -0.493 e. The van der Waals surface area contributed by atoms with Crippen LogP contribution in [0.1, 0.15) is 18.1 Å². The Morgan fingerprint density at radius 3 is 2.74 bits per heavy atom. The Bertz CT molecular complexity index is 820. The minimum absolute atomic E-state index is 0.256. The second kappa shape index (κ2) is 6.51. The van der Waals surface area contributed by atoms with Crippen LogP contribution in [0.4, 0.5) is 0 Å². The maximum atomic E-state index is 12.9. The topological polar surface area (TPSA) is 46.6 Å². The summed E-state index contributed by atoms with van der Waals surface area (Å²) in [5.74, 6) is 0.776. The van der Waals surface area contributed by atoms with Crippen LogP contribution in [0.2, 0.25) is 5.02 Å². The zero-order chi connectivity index (χ0) is 16.4. The zero-order valence-electron chi connectivity index (χ0n) is 12.8. The van der Waals surface area contributed by atoms with E-state index in [9.17, 15) is 8.42 Å². The van der Waals surface area contributed by atoms with Crippen LogP contribution in [0.15, 0.2) is 47.4 Å². The van der Waals surface area contributed by atoms with E-state index in [1.165, 1.54) is 4.31 Å². The van der Waals surface area contributed by atoms with Gasteiger partial charge in [0, 0.05) is 24.5 Å². The van der Waals surface area contributed by atoms with Crippen molar-refractivity contribution in [1.29, 1.82) is 0 Å². The van der Waals surface area contributed by atoms with Crippen LogP contribution in [0, 0.1) is 0 Å². The number of halogens is 1. The van der Waals surface area contributed by atoms with E-state index in [-0.39, 0.29) is 6.54 Å². The van der Waals surface area contributed by atoms with Gasteiger partial charge in [-0.25, -0.2) is 8.42 Å². The van der Waals surface area contributed by atoms with Gasteiger partial charge < -0.3 is 4.74 Å². The molecule has 0 bridgehead atoms. The summed E-state index contributed by atoms with van der Waals surface area (Å²) in [4.78, 5) is 0.302. The molecule has 3 rings (SSSR count). The number of sulfonamides is 1. The summed E-state index contributed by atoms with van der Waals surface area (Å²) in [6.07, 6.45) is 0.745. The summed E-state index contributed by atoms with van der Waals surface area (Å²) < 4.78 is 32.7. The lowest BCUT2D eigenvalue weighted by Gasteiger charge is -2.21. The van der Waals surface area contributed by atoms with Crippen LogP contribution in [-0.2, 0) is 23.0 Å². The molecule has 2 aromatic rings. The smallest absolute Gasteiger partial charge is 0.243 e. The van der Waals surface area contributed by atoms with Crippen LogP contribution in [-0.4, -0.2) is 25.9 Å². The van der Waals surface area contributed by atoms with Crippen molar-refractivity contribution in [2.45, 2.75) is 24.8 Å². The van der Waals surface area contributed by atoms with Crippen molar-refractivity contribution in [1.82, 2.24) is 4.31 Å². The second-order valence-electron chi connectivity index (χ2n) is 5.39. The number of hydrogen-bond donors (Lipinski definition) is 0. The molecule has 0 saturated heterocycles. The molecule has 0 spiro atoms. The third-order valence-electron chi connectivity index (χ3n) is 3.96. The van der Waals surface area contributed by atoms with E-state index in [0.29, 0.717) is 23.1 Å². The molecule has 122 valence electrons. The minimum atomic E-state index is -3.57. The van der Waals surface area contributed by atoms with E-state index in [4.69, 9.17) is 16.3 Å². The summed E-state index contributed by atoms with van der Waals surface area (Å²) >= 11 is 6.16.